The largest absolute Gasteiger partial charge is 0.349 e. The smallest absolute Gasteiger partial charge is 0.251 e. The fourth-order valence-corrected chi connectivity index (χ4v) is 5.11. The van der Waals surface area contributed by atoms with Crippen molar-refractivity contribution in [3.63, 3.8) is 0 Å². The lowest BCUT2D eigenvalue weighted by atomic mass is 9.69. The SMILES string of the molecule is CC1(C)[C@@H]2CC[C@]1(C)[C@@H](NC(=O)c1ccc(-c3ccccc3)cc1)C2. The molecule has 2 heteroatoms. The Morgan fingerprint density at radius 1 is 0.960 bits per heavy atom. The normalized spacial score (nSPS) is 29.6. The molecule has 0 saturated heterocycles. The highest BCUT2D eigenvalue weighted by Gasteiger charge is 2.61. The van der Waals surface area contributed by atoms with E-state index in [0.717, 1.165) is 23.5 Å². The van der Waals surface area contributed by atoms with Gasteiger partial charge in [-0.3, -0.25) is 4.79 Å². The third-order valence-corrected chi connectivity index (χ3v) is 7.35. The van der Waals surface area contributed by atoms with Crippen LogP contribution in [0, 0.1) is 16.7 Å². The molecule has 3 atom stereocenters. The number of benzene rings is 2. The molecule has 0 aliphatic heterocycles. The van der Waals surface area contributed by atoms with Gasteiger partial charge < -0.3 is 5.32 Å². The maximum atomic E-state index is 12.8. The zero-order chi connectivity index (χ0) is 17.7. The predicted molar refractivity (Wildman–Crippen MR) is 102 cm³/mol. The van der Waals surface area contributed by atoms with Crippen LogP contribution in [0.1, 0.15) is 50.4 Å². The van der Waals surface area contributed by atoms with Crippen molar-refractivity contribution in [3.05, 3.63) is 60.2 Å². The zero-order valence-corrected chi connectivity index (χ0v) is 15.4. The fraction of sp³-hybridized carbons (Fsp3) is 0.435. The van der Waals surface area contributed by atoms with E-state index in [2.05, 4.69) is 38.2 Å². The van der Waals surface area contributed by atoms with E-state index in [4.69, 9.17) is 0 Å². The first-order chi connectivity index (χ1) is 11.9. The van der Waals surface area contributed by atoms with Crippen LogP contribution in [0.4, 0.5) is 0 Å². The summed E-state index contributed by atoms with van der Waals surface area (Å²) in [5.74, 6) is 0.803. The Kier molecular flexibility index (Phi) is 3.75. The van der Waals surface area contributed by atoms with E-state index in [0.29, 0.717) is 11.5 Å². The van der Waals surface area contributed by atoms with Crippen molar-refractivity contribution in [3.8, 4) is 11.1 Å². The van der Waals surface area contributed by atoms with Crippen molar-refractivity contribution in [2.45, 2.75) is 46.1 Å². The molecule has 0 unspecified atom stereocenters. The molecule has 130 valence electrons. The van der Waals surface area contributed by atoms with Gasteiger partial charge in [0.05, 0.1) is 0 Å². The van der Waals surface area contributed by atoms with Gasteiger partial charge in [-0.05, 0) is 59.3 Å². The van der Waals surface area contributed by atoms with Crippen molar-refractivity contribution in [1.82, 2.24) is 5.32 Å². The first kappa shape index (κ1) is 16.4. The second-order valence-corrected chi connectivity index (χ2v) is 8.58. The van der Waals surface area contributed by atoms with Crippen molar-refractivity contribution in [2.75, 3.05) is 0 Å². The summed E-state index contributed by atoms with van der Waals surface area (Å²) in [6.45, 7) is 7.13. The molecular formula is C23H27NO. The molecule has 2 nitrogen and oxygen atoms in total. The van der Waals surface area contributed by atoms with Crippen LogP contribution < -0.4 is 5.32 Å². The summed E-state index contributed by atoms with van der Waals surface area (Å²) in [6, 6.07) is 18.5. The molecule has 2 aliphatic rings. The van der Waals surface area contributed by atoms with E-state index in [1.54, 1.807) is 0 Å². The molecule has 0 aromatic heterocycles. The molecule has 2 aromatic carbocycles. The quantitative estimate of drug-likeness (QED) is 0.811. The predicted octanol–water partition coefficient (Wildman–Crippen LogP) is 5.30. The summed E-state index contributed by atoms with van der Waals surface area (Å²) in [5.41, 5.74) is 3.62. The molecule has 0 spiro atoms. The summed E-state index contributed by atoms with van der Waals surface area (Å²) in [4.78, 5) is 12.8. The highest BCUT2D eigenvalue weighted by atomic mass is 16.1. The Morgan fingerprint density at radius 3 is 2.16 bits per heavy atom. The Balaban J connectivity index is 1.49. The molecular weight excluding hydrogens is 306 g/mol. The molecule has 0 heterocycles. The van der Waals surface area contributed by atoms with Crippen molar-refractivity contribution < 1.29 is 4.79 Å². The van der Waals surface area contributed by atoms with Gasteiger partial charge in [0.1, 0.15) is 0 Å². The van der Waals surface area contributed by atoms with Crippen molar-refractivity contribution >= 4 is 5.91 Å². The first-order valence-corrected chi connectivity index (χ1v) is 9.38. The topological polar surface area (TPSA) is 29.1 Å². The van der Waals surface area contributed by atoms with Gasteiger partial charge in [-0.15, -0.1) is 0 Å². The third-order valence-electron chi connectivity index (χ3n) is 7.35. The maximum absolute atomic E-state index is 12.8. The van der Waals surface area contributed by atoms with Gasteiger partial charge in [0, 0.05) is 11.6 Å². The van der Waals surface area contributed by atoms with Crippen LogP contribution in [-0.4, -0.2) is 11.9 Å². The van der Waals surface area contributed by atoms with Crippen LogP contribution >= 0.6 is 0 Å². The van der Waals surface area contributed by atoms with Crippen LogP contribution in [-0.2, 0) is 0 Å². The van der Waals surface area contributed by atoms with Crippen LogP contribution in [0.3, 0.4) is 0 Å². The van der Waals surface area contributed by atoms with Crippen molar-refractivity contribution in [2.24, 2.45) is 16.7 Å². The Bertz CT molecular complexity index is 777. The Morgan fingerprint density at radius 2 is 1.60 bits per heavy atom. The highest BCUT2D eigenvalue weighted by molar-refractivity contribution is 5.95. The molecule has 2 aromatic rings. The van der Waals surface area contributed by atoms with Gasteiger partial charge in [0.15, 0.2) is 0 Å². The molecule has 2 bridgehead atoms. The number of hydrogen-bond acceptors (Lipinski definition) is 1. The van der Waals surface area contributed by atoms with Gasteiger partial charge >= 0.3 is 0 Å². The lowest BCUT2D eigenvalue weighted by Crippen LogP contribution is -2.46. The van der Waals surface area contributed by atoms with Gasteiger partial charge in [-0.2, -0.15) is 0 Å². The van der Waals surface area contributed by atoms with E-state index in [1.165, 1.54) is 18.4 Å². The molecule has 0 radical (unpaired) electrons. The van der Waals surface area contributed by atoms with Gasteiger partial charge in [0.25, 0.3) is 5.91 Å². The van der Waals surface area contributed by atoms with Gasteiger partial charge in [-0.1, -0.05) is 63.2 Å². The van der Waals surface area contributed by atoms with E-state index in [9.17, 15) is 4.79 Å². The molecule has 25 heavy (non-hydrogen) atoms. The summed E-state index contributed by atoms with van der Waals surface area (Å²) in [5, 5.41) is 3.34. The van der Waals surface area contributed by atoms with Crippen LogP contribution in [0.5, 0.6) is 0 Å². The summed E-state index contributed by atoms with van der Waals surface area (Å²) < 4.78 is 0. The molecule has 1 amide bonds. The lowest BCUT2D eigenvalue weighted by Gasteiger charge is -2.39. The van der Waals surface area contributed by atoms with Crippen LogP contribution in [0.25, 0.3) is 11.1 Å². The van der Waals surface area contributed by atoms with E-state index in [-0.39, 0.29) is 11.3 Å². The third kappa shape index (κ3) is 2.50. The zero-order valence-electron chi connectivity index (χ0n) is 15.4. The van der Waals surface area contributed by atoms with Crippen LogP contribution in [0.2, 0.25) is 0 Å². The molecule has 1 N–H and O–H groups in total. The highest BCUT2D eigenvalue weighted by Crippen LogP contribution is 2.65. The first-order valence-electron chi connectivity index (χ1n) is 9.38. The minimum absolute atomic E-state index is 0.0641. The summed E-state index contributed by atoms with van der Waals surface area (Å²) >= 11 is 0. The lowest BCUT2D eigenvalue weighted by molar-refractivity contribution is 0.0826. The number of hydrogen-bond donors (Lipinski definition) is 1. The molecule has 2 aliphatic carbocycles. The van der Waals surface area contributed by atoms with Crippen LogP contribution in [0.15, 0.2) is 54.6 Å². The number of fused-ring (bicyclic) bond motifs is 2. The van der Waals surface area contributed by atoms with Crippen molar-refractivity contribution in [1.29, 1.82) is 0 Å². The Labute approximate surface area is 150 Å². The number of rotatable bonds is 3. The van der Waals surface area contributed by atoms with E-state index >= 15 is 0 Å². The minimum atomic E-state index is 0.0641. The van der Waals surface area contributed by atoms with E-state index in [1.807, 2.05) is 42.5 Å². The number of amides is 1. The van der Waals surface area contributed by atoms with Gasteiger partial charge in [0.2, 0.25) is 0 Å². The fourth-order valence-electron chi connectivity index (χ4n) is 5.11. The minimum Gasteiger partial charge on any atom is -0.349 e. The molecule has 4 rings (SSSR count). The summed E-state index contributed by atoms with van der Waals surface area (Å²) in [7, 11) is 0. The maximum Gasteiger partial charge on any atom is 0.251 e. The number of carbonyl (C=O) groups is 1. The molecule has 2 fully saturated rings. The second kappa shape index (κ2) is 5.72. The average molecular weight is 333 g/mol. The number of nitrogens with one attached hydrogen (secondary N) is 1. The Hall–Kier alpha value is -2.09. The second-order valence-electron chi connectivity index (χ2n) is 8.58. The van der Waals surface area contributed by atoms with Gasteiger partial charge in [-0.25, -0.2) is 0 Å². The number of carbonyl (C=O) groups excluding carboxylic acids is 1. The summed E-state index contributed by atoms with van der Waals surface area (Å²) in [6.07, 6.45) is 3.65. The standard InChI is InChI=1S/C23H27NO/c1-22(2)19-13-14-23(22,3)20(15-19)24-21(25)18-11-9-17(10-12-18)16-7-5-4-6-8-16/h4-12,19-20H,13-15H2,1-3H3,(H,24,25)/t19-,20+,23-/m1/s1. The van der Waals surface area contributed by atoms with E-state index < -0.39 is 0 Å². The monoisotopic (exact) mass is 333 g/mol. The average Bonchev–Trinajstić information content (AvgIpc) is 2.96. The molecule has 2 saturated carbocycles.